The minimum absolute atomic E-state index is 0.173. The van der Waals surface area contributed by atoms with Crippen molar-refractivity contribution >= 4 is 5.57 Å². The van der Waals surface area contributed by atoms with Crippen molar-refractivity contribution in [2.45, 2.75) is 20.3 Å². The summed E-state index contributed by atoms with van der Waals surface area (Å²) in [6.07, 6.45) is 12.9. The molecule has 1 aromatic carbocycles. The molecule has 0 saturated carbocycles. The first-order valence-corrected chi connectivity index (χ1v) is 8.79. The van der Waals surface area contributed by atoms with E-state index in [4.69, 9.17) is 0 Å². The van der Waals surface area contributed by atoms with E-state index < -0.39 is 0 Å². The Morgan fingerprint density at radius 1 is 1.27 bits per heavy atom. The van der Waals surface area contributed by atoms with E-state index in [-0.39, 0.29) is 5.82 Å². The maximum atomic E-state index is 13.8. The van der Waals surface area contributed by atoms with Gasteiger partial charge in [0.2, 0.25) is 0 Å². The highest BCUT2D eigenvalue weighted by Crippen LogP contribution is 2.39. The monoisotopic (exact) mass is 345 g/mol. The van der Waals surface area contributed by atoms with E-state index >= 15 is 0 Å². The first kappa shape index (κ1) is 17.9. The molecule has 0 amide bonds. The molecule has 2 heteroatoms. The quantitative estimate of drug-likeness (QED) is 0.606. The second kappa shape index (κ2) is 7.17. The summed E-state index contributed by atoms with van der Waals surface area (Å²) in [5.74, 6) is 0.262. The predicted molar refractivity (Wildman–Crippen MR) is 109 cm³/mol. The highest BCUT2D eigenvalue weighted by atomic mass is 19.1. The van der Waals surface area contributed by atoms with E-state index in [0.717, 1.165) is 34.4 Å². The lowest BCUT2D eigenvalue weighted by atomic mass is 9.81. The molecular weight excluding hydrogens is 321 g/mol. The average molecular weight is 345 g/mol. The molecule has 3 rings (SSSR count). The van der Waals surface area contributed by atoms with Crippen molar-refractivity contribution in [1.82, 2.24) is 4.90 Å². The van der Waals surface area contributed by atoms with Gasteiger partial charge in [-0.05, 0) is 65.3 Å². The van der Waals surface area contributed by atoms with Crippen molar-refractivity contribution in [3.8, 4) is 0 Å². The molecule has 132 valence electrons. The number of nitrogens with zero attached hydrogens (tertiary/aromatic N) is 1. The number of hydrogen-bond acceptors (Lipinski definition) is 1. The van der Waals surface area contributed by atoms with E-state index in [1.54, 1.807) is 19.2 Å². The molecule has 2 aliphatic rings. The third-order valence-corrected chi connectivity index (χ3v) is 4.89. The van der Waals surface area contributed by atoms with Gasteiger partial charge in [-0.3, -0.25) is 0 Å². The van der Waals surface area contributed by atoms with Crippen molar-refractivity contribution in [3.63, 3.8) is 0 Å². The number of hydrogen-bond donors (Lipinski definition) is 0. The van der Waals surface area contributed by atoms with Gasteiger partial charge in [0, 0.05) is 23.7 Å². The first-order valence-electron chi connectivity index (χ1n) is 8.79. The molecule has 0 fully saturated rings. The molecule has 0 spiro atoms. The van der Waals surface area contributed by atoms with E-state index in [2.05, 4.69) is 38.8 Å². The molecule has 1 nitrogen and oxygen atoms in total. The minimum Gasteiger partial charge on any atom is -0.324 e. The molecule has 0 bridgehead atoms. The van der Waals surface area contributed by atoms with Crippen LogP contribution in [0.4, 0.5) is 4.39 Å². The van der Waals surface area contributed by atoms with E-state index in [9.17, 15) is 4.39 Å². The van der Waals surface area contributed by atoms with Crippen molar-refractivity contribution in [2.24, 2.45) is 5.92 Å². The molecule has 0 saturated heterocycles. The Labute approximate surface area is 155 Å². The Morgan fingerprint density at radius 2 is 2.04 bits per heavy atom. The lowest BCUT2D eigenvalue weighted by Gasteiger charge is -2.28. The number of aryl methyl sites for hydroxylation is 1. The summed E-state index contributed by atoms with van der Waals surface area (Å²) in [5.41, 5.74) is 7.04. The van der Waals surface area contributed by atoms with Crippen LogP contribution in [0.2, 0.25) is 0 Å². The number of allylic oxidation sites excluding steroid dienone is 8. The Kier molecular flexibility index (Phi) is 4.94. The lowest BCUT2D eigenvalue weighted by molar-refractivity contribution is 0.618. The van der Waals surface area contributed by atoms with Gasteiger partial charge in [-0.2, -0.15) is 0 Å². The second-order valence-electron chi connectivity index (χ2n) is 6.82. The zero-order valence-electron chi connectivity index (χ0n) is 15.4. The summed E-state index contributed by atoms with van der Waals surface area (Å²) in [4.78, 5) is 1.91. The number of halogens is 1. The Hall–Kier alpha value is -2.87. The van der Waals surface area contributed by atoms with Gasteiger partial charge >= 0.3 is 0 Å². The van der Waals surface area contributed by atoms with Crippen LogP contribution >= 0.6 is 0 Å². The molecule has 0 aromatic heterocycles. The van der Waals surface area contributed by atoms with Gasteiger partial charge in [0.25, 0.3) is 0 Å². The Balaban J connectivity index is 2.20. The van der Waals surface area contributed by atoms with Gasteiger partial charge in [0.15, 0.2) is 0 Å². The largest absolute Gasteiger partial charge is 0.324 e. The van der Waals surface area contributed by atoms with Crippen molar-refractivity contribution in [2.75, 3.05) is 0 Å². The van der Waals surface area contributed by atoms with Crippen molar-refractivity contribution in [3.05, 3.63) is 114 Å². The molecular formula is C24H24FN. The van der Waals surface area contributed by atoms with Crippen LogP contribution in [0.1, 0.15) is 24.5 Å². The minimum atomic E-state index is -0.173. The van der Waals surface area contributed by atoms with Crippen LogP contribution in [0.5, 0.6) is 0 Å². The van der Waals surface area contributed by atoms with E-state index in [1.165, 1.54) is 5.57 Å². The molecule has 1 heterocycles. The van der Waals surface area contributed by atoms with E-state index in [1.807, 2.05) is 35.4 Å². The second-order valence-corrected chi connectivity index (χ2v) is 6.82. The molecule has 1 aromatic rings. The molecule has 1 aliphatic carbocycles. The van der Waals surface area contributed by atoms with Crippen LogP contribution in [0, 0.1) is 18.7 Å². The predicted octanol–water partition coefficient (Wildman–Crippen LogP) is 6.45. The van der Waals surface area contributed by atoms with E-state index in [0.29, 0.717) is 11.5 Å². The zero-order valence-corrected chi connectivity index (χ0v) is 15.4. The summed E-state index contributed by atoms with van der Waals surface area (Å²) in [6, 6.07) is 5.35. The smallest absolute Gasteiger partial charge is 0.126 e. The van der Waals surface area contributed by atoms with Crippen molar-refractivity contribution < 1.29 is 4.39 Å². The van der Waals surface area contributed by atoms with Crippen molar-refractivity contribution in [1.29, 1.82) is 0 Å². The molecule has 0 radical (unpaired) electrons. The molecule has 0 N–H and O–H groups in total. The van der Waals surface area contributed by atoms with Crippen LogP contribution in [0.3, 0.4) is 0 Å². The lowest BCUT2D eigenvalue weighted by Crippen LogP contribution is -2.15. The average Bonchev–Trinajstić information content (AvgIpc) is 2.64. The number of benzene rings is 1. The first-order chi connectivity index (χ1) is 12.4. The summed E-state index contributed by atoms with van der Waals surface area (Å²) in [6.45, 7) is 15.9. The van der Waals surface area contributed by atoms with Gasteiger partial charge < -0.3 is 4.90 Å². The number of rotatable bonds is 4. The fourth-order valence-electron chi connectivity index (χ4n) is 3.41. The van der Waals surface area contributed by atoms with Gasteiger partial charge in [0.1, 0.15) is 5.82 Å². The fraction of sp³-hybridized carbons (Fsp3) is 0.167. The van der Waals surface area contributed by atoms with Crippen LogP contribution in [0.15, 0.2) is 97.1 Å². The summed E-state index contributed by atoms with van der Waals surface area (Å²) >= 11 is 0. The van der Waals surface area contributed by atoms with Crippen LogP contribution < -0.4 is 0 Å². The van der Waals surface area contributed by atoms with Gasteiger partial charge in [0.05, 0.1) is 0 Å². The van der Waals surface area contributed by atoms with Crippen LogP contribution in [0.25, 0.3) is 5.57 Å². The van der Waals surface area contributed by atoms with Crippen LogP contribution in [-0.4, -0.2) is 4.90 Å². The third-order valence-electron chi connectivity index (χ3n) is 4.89. The molecule has 1 unspecified atom stereocenters. The standard InChI is InChI=1S/C24H24FN/c1-6-19-14-18(5)26(7-2)15-23(19)21-10-8-16(3)12-22(21)20-9-11-24(25)17(4)13-20/h6-11,13-16H,1-2,5,12H2,3-4H3. The maximum absolute atomic E-state index is 13.8. The van der Waals surface area contributed by atoms with Gasteiger partial charge in [-0.1, -0.05) is 51.0 Å². The Morgan fingerprint density at radius 3 is 2.69 bits per heavy atom. The summed E-state index contributed by atoms with van der Waals surface area (Å²) in [5, 5.41) is 0. The molecule has 1 aliphatic heterocycles. The normalized spacial score (nSPS) is 20.0. The highest BCUT2D eigenvalue weighted by Gasteiger charge is 2.22. The maximum Gasteiger partial charge on any atom is 0.126 e. The van der Waals surface area contributed by atoms with Crippen LogP contribution in [-0.2, 0) is 0 Å². The zero-order chi connectivity index (χ0) is 18.8. The third kappa shape index (κ3) is 3.28. The SMILES string of the molecule is C=CC1=CC(=C)N(C=C)C=C1C1=C(c2ccc(F)c(C)c2)CC(C)C=C1. The topological polar surface area (TPSA) is 3.24 Å². The highest BCUT2D eigenvalue weighted by molar-refractivity contribution is 5.80. The molecule has 1 atom stereocenters. The Bertz CT molecular complexity index is 908. The fourth-order valence-corrected chi connectivity index (χ4v) is 3.41. The molecule has 26 heavy (non-hydrogen) atoms. The summed E-state index contributed by atoms with van der Waals surface area (Å²) in [7, 11) is 0. The van der Waals surface area contributed by atoms with Gasteiger partial charge in [-0.25, -0.2) is 4.39 Å². The summed E-state index contributed by atoms with van der Waals surface area (Å²) < 4.78 is 13.8. The van der Waals surface area contributed by atoms with Gasteiger partial charge in [-0.15, -0.1) is 0 Å².